The number of aliphatic hydroxyl groups is 2. The predicted octanol–water partition coefficient (Wildman–Crippen LogP) is -0.352. The Morgan fingerprint density at radius 1 is 1.55 bits per heavy atom. The summed E-state index contributed by atoms with van der Waals surface area (Å²) in [4.78, 5) is 11.4. The SMILES string of the molecule is CNc1nc2cnc(F)nc2n1[C@@H]1C[C@@H](O)[C@H](CO)O1. The highest BCUT2D eigenvalue weighted by molar-refractivity contribution is 5.73. The summed E-state index contributed by atoms with van der Waals surface area (Å²) in [5.41, 5.74) is 0.693. The summed E-state index contributed by atoms with van der Waals surface area (Å²) in [5, 5.41) is 21.8. The molecule has 20 heavy (non-hydrogen) atoms. The van der Waals surface area contributed by atoms with Gasteiger partial charge in [0.1, 0.15) is 17.8 Å². The van der Waals surface area contributed by atoms with E-state index >= 15 is 0 Å². The van der Waals surface area contributed by atoms with Gasteiger partial charge in [-0.15, -0.1) is 0 Å². The fourth-order valence-electron chi connectivity index (χ4n) is 2.36. The fraction of sp³-hybridized carbons (Fsp3) is 0.545. The summed E-state index contributed by atoms with van der Waals surface area (Å²) in [7, 11) is 1.66. The first-order chi connectivity index (χ1) is 9.63. The molecule has 0 saturated carbocycles. The Morgan fingerprint density at radius 3 is 3.00 bits per heavy atom. The van der Waals surface area contributed by atoms with Crippen LogP contribution in [0.2, 0.25) is 0 Å². The van der Waals surface area contributed by atoms with Crippen LogP contribution in [0.4, 0.5) is 10.3 Å². The Labute approximate surface area is 113 Å². The van der Waals surface area contributed by atoms with Crippen LogP contribution in [0.1, 0.15) is 12.6 Å². The zero-order valence-electron chi connectivity index (χ0n) is 10.7. The first-order valence-corrected chi connectivity index (χ1v) is 6.16. The van der Waals surface area contributed by atoms with E-state index < -0.39 is 24.5 Å². The van der Waals surface area contributed by atoms with Crippen molar-refractivity contribution < 1.29 is 19.3 Å². The molecule has 0 bridgehead atoms. The monoisotopic (exact) mass is 283 g/mol. The minimum absolute atomic E-state index is 0.261. The lowest BCUT2D eigenvalue weighted by atomic mass is 10.2. The van der Waals surface area contributed by atoms with Crippen molar-refractivity contribution in [2.75, 3.05) is 19.0 Å². The van der Waals surface area contributed by atoms with Gasteiger partial charge in [0.2, 0.25) is 5.95 Å². The summed E-state index contributed by atoms with van der Waals surface area (Å²) < 4.78 is 20.3. The second-order valence-corrected chi connectivity index (χ2v) is 4.52. The molecule has 9 heteroatoms. The number of fused-ring (bicyclic) bond motifs is 1. The van der Waals surface area contributed by atoms with Crippen LogP contribution in [0.3, 0.4) is 0 Å². The van der Waals surface area contributed by atoms with Crippen LogP contribution in [0.25, 0.3) is 11.2 Å². The maximum Gasteiger partial charge on any atom is 0.310 e. The van der Waals surface area contributed by atoms with E-state index in [0.717, 1.165) is 0 Å². The number of halogens is 1. The number of nitrogens with zero attached hydrogens (tertiary/aromatic N) is 4. The molecule has 108 valence electrons. The molecule has 1 saturated heterocycles. The fourth-order valence-corrected chi connectivity index (χ4v) is 2.36. The molecule has 3 N–H and O–H groups in total. The van der Waals surface area contributed by atoms with E-state index in [0.29, 0.717) is 11.5 Å². The third-order valence-corrected chi connectivity index (χ3v) is 3.30. The van der Waals surface area contributed by atoms with Gasteiger partial charge in [0.05, 0.1) is 18.9 Å². The van der Waals surface area contributed by atoms with E-state index in [1.165, 1.54) is 6.20 Å². The quantitative estimate of drug-likeness (QED) is 0.661. The molecule has 0 radical (unpaired) electrons. The van der Waals surface area contributed by atoms with Crippen molar-refractivity contribution in [1.29, 1.82) is 0 Å². The van der Waals surface area contributed by atoms with E-state index in [4.69, 9.17) is 9.84 Å². The van der Waals surface area contributed by atoms with Crippen molar-refractivity contribution >= 4 is 17.1 Å². The maximum atomic E-state index is 13.2. The Balaban J connectivity index is 2.08. The lowest BCUT2D eigenvalue weighted by Gasteiger charge is -2.16. The van der Waals surface area contributed by atoms with Gasteiger partial charge in [0.15, 0.2) is 5.65 Å². The third kappa shape index (κ3) is 1.99. The van der Waals surface area contributed by atoms with Crippen LogP contribution in [0.15, 0.2) is 6.20 Å². The average molecular weight is 283 g/mol. The molecule has 0 spiro atoms. The Hall–Kier alpha value is -1.84. The van der Waals surface area contributed by atoms with Crippen molar-refractivity contribution in [3.8, 4) is 0 Å². The molecule has 0 amide bonds. The molecule has 0 aliphatic carbocycles. The molecule has 1 fully saturated rings. The number of aromatic nitrogens is 4. The Morgan fingerprint density at radius 2 is 2.35 bits per heavy atom. The van der Waals surface area contributed by atoms with Crippen LogP contribution in [0, 0.1) is 6.08 Å². The molecule has 3 heterocycles. The highest BCUT2D eigenvalue weighted by Crippen LogP contribution is 2.33. The van der Waals surface area contributed by atoms with Gasteiger partial charge in [0.25, 0.3) is 0 Å². The molecule has 1 aliphatic rings. The Bertz CT molecular complexity index is 634. The molecule has 2 aromatic rings. The molecule has 8 nitrogen and oxygen atoms in total. The summed E-state index contributed by atoms with van der Waals surface area (Å²) in [6.07, 6.45) is -1.36. The van der Waals surface area contributed by atoms with Gasteiger partial charge < -0.3 is 20.3 Å². The van der Waals surface area contributed by atoms with Crippen LogP contribution < -0.4 is 5.32 Å². The molecule has 3 rings (SSSR count). The van der Waals surface area contributed by atoms with E-state index in [9.17, 15) is 9.50 Å². The standard InChI is InChI=1S/C11H14FN5O3/c1-13-11-15-5-3-14-10(12)16-9(5)17(11)8-2-6(19)7(4-18)20-8/h3,6-8,18-19H,2,4H2,1H3,(H,13,15)/t6-,7+,8+/m1/s1. The van der Waals surface area contributed by atoms with Gasteiger partial charge in [-0.1, -0.05) is 0 Å². The largest absolute Gasteiger partial charge is 0.394 e. The first kappa shape index (κ1) is 13.2. The predicted molar refractivity (Wildman–Crippen MR) is 66.4 cm³/mol. The highest BCUT2D eigenvalue weighted by Gasteiger charge is 2.36. The van der Waals surface area contributed by atoms with Gasteiger partial charge in [0, 0.05) is 13.5 Å². The zero-order chi connectivity index (χ0) is 14.3. The molecular weight excluding hydrogens is 269 g/mol. The van der Waals surface area contributed by atoms with Crippen LogP contribution in [-0.2, 0) is 4.74 Å². The van der Waals surface area contributed by atoms with Gasteiger partial charge in [-0.05, 0) is 0 Å². The highest BCUT2D eigenvalue weighted by atomic mass is 19.1. The molecule has 2 aromatic heterocycles. The van der Waals surface area contributed by atoms with Gasteiger partial charge >= 0.3 is 6.08 Å². The summed E-state index contributed by atoms with van der Waals surface area (Å²) in [6.45, 7) is -0.289. The first-order valence-electron chi connectivity index (χ1n) is 6.16. The van der Waals surface area contributed by atoms with Crippen LogP contribution in [0.5, 0.6) is 0 Å². The van der Waals surface area contributed by atoms with Crippen molar-refractivity contribution in [3.63, 3.8) is 0 Å². The number of nitrogens with one attached hydrogen (secondary N) is 1. The molecule has 0 unspecified atom stereocenters. The van der Waals surface area contributed by atoms with Crippen LogP contribution >= 0.6 is 0 Å². The summed E-state index contributed by atoms with van der Waals surface area (Å²) in [5.74, 6) is 0.427. The minimum Gasteiger partial charge on any atom is -0.394 e. The second kappa shape index (κ2) is 4.93. The summed E-state index contributed by atoms with van der Waals surface area (Å²) >= 11 is 0. The normalized spacial score (nSPS) is 26.3. The van der Waals surface area contributed by atoms with Crippen molar-refractivity contribution in [2.24, 2.45) is 0 Å². The third-order valence-electron chi connectivity index (χ3n) is 3.30. The molecule has 1 aliphatic heterocycles. The number of ether oxygens (including phenoxy) is 1. The average Bonchev–Trinajstić information content (AvgIpc) is 2.98. The zero-order valence-corrected chi connectivity index (χ0v) is 10.7. The smallest absolute Gasteiger partial charge is 0.310 e. The summed E-state index contributed by atoms with van der Waals surface area (Å²) in [6, 6.07) is 0. The number of imidazole rings is 1. The molecular formula is C11H14FN5O3. The number of anilines is 1. The number of hydrogen-bond donors (Lipinski definition) is 3. The number of hydrogen-bond acceptors (Lipinski definition) is 7. The second-order valence-electron chi connectivity index (χ2n) is 4.52. The molecule has 0 aromatic carbocycles. The van der Waals surface area contributed by atoms with Crippen molar-refractivity contribution in [1.82, 2.24) is 19.5 Å². The van der Waals surface area contributed by atoms with Crippen molar-refractivity contribution in [3.05, 3.63) is 12.3 Å². The van der Waals surface area contributed by atoms with Crippen molar-refractivity contribution in [2.45, 2.75) is 24.9 Å². The molecule has 3 atom stereocenters. The topological polar surface area (TPSA) is 105 Å². The van der Waals surface area contributed by atoms with E-state index in [1.54, 1.807) is 11.6 Å². The van der Waals surface area contributed by atoms with Gasteiger partial charge in [-0.3, -0.25) is 4.57 Å². The lowest BCUT2D eigenvalue weighted by Crippen LogP contribution is -2.24. The lowest BCUT2D eigenvalue weighted by molar-refractivity contribution is -0.0425. The number of aliphatic hydroxyl groups excluding tert-OH is 2. The Kier molecular flexibility index (Phi) is 3.24. The van der Waals surface area contributed by atoms with Gasteiger partial charge in [-0.25, -0.2) is 9.97 Å². The van der Waals surface area contributed by atoms with E-state index in [-0.39, 0.29) is 18.7 Å². The van der Waals surface area contributed by atoms with Crippen LogP contribution in [-0.4, -0.2) is 55.6 Å². The number of rotatable bonds is 3. The van der Waals surface area contributed by atoms with E-state index in [2.05, 4.69) is 20.3 Å². The minimum atomic E-state index is -0.862. The van der Waals surface area contributed by atoms with E-state index in [1.807, 2.05) is 0 Å². The van der Waals surface area contributed by atoms with Gasteiger partial charge in [-0.2, -0.15) is 9.37 Å². The maximum absolute atomic E-state index is 13.2.